The van der Waals surface area contributed by atoms with Gasteiger partial charge in [0.25, 0.3) is 0 Å². The van der Waals surface area contributed by atoms with E-state index < -0.39 is 0 Å². The summed E-state index contributed by atoms with van der Waals surface area (Å²) < 4.78 is 5.30. The van der Waals surface area contributed by atoms with Crippen molar-refractivity contribution in [1.82, 2.24) is 5.32 Å². The number of thiophene rings is 1. The van der Waals surface area contributed by atoms with Gasteiger partial charge >= 0.3 is 0 Å². The Kier molecular flexibility index (Phi) is 6.03. The number of methoxy groups -OCH3 is 1. The van der Waals surface area contributed by atoms with Crippen LogP contribution in [0.25, 0.3) is 0 Å². The van der Waals surface area contributed by atoms with Crippen molar-refractivity contribution in [3.05, 3.63) is 21.9 Å². The van der Waals surface area contributed by atoms with Gasteiger partial charge in [0.15, 0.2) is 0 Å². The lowest BCUT2D eigenvalue weighted by Gasteiger charge is -2.18. The quantitative estimate of drug-likeness (QED) is 0.788. The molecule has 0 fully saturated rings. The van der Waals surface area contributed by atoms with Crippen molar-refractivity contribution in [3.63, 3.8) is 0 Å². The fourth-order valence-electron chi connectivity index (χ4n) is 1.75. The summed E-state index contributed by atoms with van der Waals surface area (Å²) in [5, 5.41) is 3.55. The van der Waals surface area contributed by atoms with Crippen LogP contribution in [0.4, 0.5) is 0 Å². The Morgan fingerprint density at radius 3 is 2.62 bits per heavy atom. The van der Waals surface area contributed by atoms with Gasteiger partial charge in [0.1, 0.15) is 0 Å². The van der Waals surface area contributed by atoms with Gasteiger partial charge in [0.05, 0.1) is 6.10 Å². The molecule has 2 atom stereocenters. The SMILES string of the molecule is CCNC(CCC(C)OC)c1ccc(C)s1. The highest BCUT2D eigenvalue weighted by molar-refractivity contribution is 7.12. The maximum atomic E-state index is 5.30. The fourth-order valence-corrected chi connectivity index (χ4v) is 2.74. The Bertz CT molecular complexity index is 298. The lowest BCUT2D eigenvalue weighted by Crippen LogP contribution is -2.21. The number of ether oxygens (including phenoxy) is 1. The number of hydrogen-bond donors (Lipinski definition) is 1. The number of nitrogens with one attached hydrogen (secondary N) is 1. The van der Waals surface area contributed by atoms with Crippen LogP contribution >= 0.6 is 11.3 Å². The molecule has 2 unspecified atom stereocenters. The van der Waals surface area contributed by atoms with E-state index in [1.807, 2.05) is 11.3 Å². The smallest absolute Gasteiger partial charge is 0.0543 e. The molecule has 3 heteroatoms. The summed E-state index contributed by atoms with van der Waals surface area (Å²) in [7, 11) is 1.78. The molecule has 0 aromatic carbocycles. The van der Waals surface area contributed by atoms with Crippen LogP contribution in [0.15, 0.2) is 12.1 Å². The largest absolute Gasteiger partial charge is 0.382 e. The molecular formula is C13H23NOS. The predicted octanol–water partition coefficient (Wildman–Crippen LogP) is 3.52. The molecule has 0 aliphatic carbocycles. The maximum Gasteiger partial charge on any atom is 0.0543 e. The molecule has 0 amide bonds. The Morgan fingerprint density at radius 2 is 2.12 bits per heavy atom. The minimum Gasteiger partial charge on any atom is -0.382 e. The van der Waals surface area contributed by atoms with E-state index in [1.54, 1.807) is 7.11 Å². The predicted molar refractivity (Wildman–Crippen MR) is 71.2 cm³/mol. The minimum atomic E-state index is 0.349. The van der Waals surface area contributed by atoms with E-state index in [0.29, 0.717) is 12.1 Å². The molecule has 0 saturated heterocycles. The van der Waals surface area contributed by atoms with E-state index in [2.05, 4.69) is 38.2 Å². The molecule has 1 aromatic rings. The number of aryl methyl sites for hydroxylation is 1. The molecule has 0 saturated carbocycles. The second-order valence-electron chi connectivity index (χ2n) is 4.18. The average Bonchev–Trinajstić information content (AvgIpc) is 2.70. The first-order valence-corrected chi connectivity index (χ1v) is 6.81. The highest BCUT2D eigenvalue weighted by Gasteiger charge is 2.13. The highest BCUT2D eigenvalue weighted by Crippen LogP contribution is 2.26. The van der Waals surface area contributed by atoms with Gasteiger partial charge in [-0.3, -0.25) is 0 Å². The van der Waals surface area contributed by atoms with Gasteiger partial charge in [-0.15, -0.1) is 11.3 Å². The lowest BCUT2D eigenvalue weighted by atomic mass is 10.1. The second-order valence-corrected chi connectivity index (χ2v) is 5.50. The van der Waals surface area contributed by atoms with Gasteiger partial charge in [0, 0.05) is 22.9 Å². The molecule has 0 spiro atoms. The average molecular weight is 241 g/mol. The first-order valence-electron chi connectivity index (χ1n) is 5.99. The van der Waals surface area contributed by atoms with Gasteiger partial charge in [-0.05, 0) is 45.4 Å². The van der Waals surface area contributed by atoms with Crippen molar-refractivity contribution in [3.8, 4) is 0 Å². The third kappa shape index (κ3) is 4.24. The number of rotatable bonds is 7. The Labute approximate surface area is 103 Å². The first kappa shape index (κ1) is 13.7. The van der Waals surface area contributed by atoms with E-state index in [4.69, 9.17) is 4.74 Å². The van der Waals surface area contributed by atoms with Crippen molar-refractivity contribution in [2.45, 2.75) is 45.8 Å². The summed E-state index contributed by atoms with van der Waals surface area (Å²) in [6, 6.07) is 4.93. The third-order valence-corrected chi connectivity index (χ3v) is 3.93. The van der Waals surface area contributed by atoms with Crippen molar-refractivity contribution < 1.29 is 4.74 Å². The standard InChI is InChI=1S/C13H23NOS/c1-5-14-12(8-6-10(2)15-4)13-9-7-11(3)16-13/h7,9-10,12,14H,5-6,8H2,1-4H3. The van der Waals surface area contributed by atoms with Crippen molar-refractivity contribution in [1.29, 1.82) is 0 Å². The molecule has 0 radical (unpaired) electrons. The van der Waals surface area contributed by atoms with Crippen molar-refractivity contribution in [2.24, 2.45) is 0 Å². The zero-order valence-electron chi connectivity index (χ0n) is 10.7. The van der Waals surface area contributed by atoms with E-state index in [1.165, 1.54) is 9.75 Å². The molecule has 1 rings (SSSR count). The monoisotopic (exact) mass is 241 g/mol. The summed E-state index contributed by atoms with van der Waals surface area (Å²) >= 11 is 1.89. The second kappa shape index (κ2) is 7.05. The van der Waals surface area contributed by atoms with Crippen LogP contribution in [0.2, 0.25) is 0 Å². The summed E-state index contributed by atoms with van der Waals surface area (Å²) in [5.74, 6) is 0. The molecule has 0 aliphatic rings. The van der Waals surface area contributed by atoms with Crippen molar-refractivity contribution in [2.75, 3.05) is 13.7 Å². The zero-order chi connectivity index (χ0) is 12.0. The van der Waals surface area contributed by atoms with Crippen LogP contribution in [-0.4, -0.2) is 19.8 Å². The highest BCUT2D eigenvalue weighted by atomic mass is 32.1. The molecule has 1 N–H and O–H groups in total. The molecule has 92 valence electrons. The van der Waals surface area contributed by atoms with Crippen LogP contribution in [0.1, 0.15) is 42.5 Å². The van der Waals surface area contributed by atoms with Gasteiger partial charge < -0.3 is 10.1 Å². The maximum absolute atomic E-state index is 5.30. The summed E-state index contributed by atoms with van der Waals surface area (Å²) in [6.07, 6.45) is 2.59. The van der Waals surface area contributed by atoms with Crippen LogP contribution in [0.5, 0.6) is 0 Å². The van der Waals surface area contributed by atoms with E-state index >= 15 is 0 Å². The summed E-state index contributed by atoms with van der Waals surface area (Å²) in [4.78, 5) is 2.83. The summed E-state index contributed by atoms with van der Waals surface area (Å²) in [5.41, 5.74) is 0. The summed E-state index contributed by atoms with van der Waals surface area (Å²) in [6.45, 7) is 7.47. The van der Waals surface area contributed by atoms with E-state index in [9.17, 15) is 0 Å². The van der Waals surface area contributed by atoms with Crippen LogP contribution in [0.3, 0.4) is 0 Å². The van der Waals surface area contributed by atoms with Gasteiger partial charge in [-0.25, -0.2) is 0 Å². The molecule has 1 aromatic heterocycles. The Balaban J connectivity index is 2.53. The van der Waals surface area contributed by atoms with Crippen LogP contribution in [-0.2, 0) is 4.74 Å². The van der Waals surface area contributed by atoms with Gasteiger partial charge in [0.2, 0.25) is 0 Å². The van der Waals surface area contributed by atoms with E-state index in [-0.39, 0.29) is 0 Å². The lowest BCUT2D eigenvalue weighted by molar-refractivity contribution is 0.106. The molecule has 1 heterocycles. The molecule has 2 nitrogen and oxygen atoms in total. The zero-order valence-corrected chi connectivity index (χ0v) is 11.6. The normalized spacial score (nSPS) is 15.0. The molecule has 0 aliphatic heterocycles. The van der Waals surface area contributed by atoms with Crippen LogP contribution < -0.4 is 5.32 Å². The first-order chi connectivity index (χ1) is 7.67. The Morgan fingerprint density at radius 1 is 1.38 bits per heavy atom. The van der Waals surface area contributed by atoms with Crippen molar-refractivity contribution >= 4 is 11.3 Å². The van der Waals surface area contributed by atoms with Crippen LogP contribution in [0, 0.1) is 6.92 Å². The van der Waals surface area contributed by atoms with E-state index in [0.717, 1.165) is 19.4 Å². The minimum absolute atomic E-state index is 0.349. The molecule has 16 heavy (non-hydrogen) atoms. The topological polar surface area (TPSA) is 21.3 Å². The molecular weight excluding hydrogens is 218 g/mol. The van der Waals surface area contributed by atoms with Gasteiger partial charge in [-0.1, -0.05) is 6.92 Å². The van der Waals surface area contributed by atoms with Gasteiger partial charge in [-0.2, -0.15) is 0 Å². The fraction of sp³-hybridized carbons (Fsp3) is 0.692. The number of hydrogen-bond acceptors (Lipinski definition) is 3. The third-order valence-electron chi connectivity index (χ3n) is 2.82. The Hall–Kier alpha value is -0.380. The molecule has 0 bridgehead atoms.